The van der Waals surface area contributed by atoms with Gasteiger partial charge in [-0.2, -0.15) is 0 Å². The molecule has 86 valence electrons. The molecule has 0 aliphatic carbocycles. The fourth-order valence-electron chi connectivity index (χ4n) is 2.64. The summed E-state index contributed by atoms with van der Waals surface area (Å²) in [6, 6.07) is 0.0534. The second kappa shape index (κ2) is 5.05. The van der Waals surface area contributed by atoms with Gasteiger partial charge in [0.15, 0.2) is 0 Å². The van der Waals surface area contributed by atoms with E-state index in [1.807, 2.05) is 6.92 Å². The summed E-state index contributed by atoms with van der Waals surface area (Å²) in [6.45, 7) is 7.37. The third-order valence-corrected chi connectivity index (χ3v) is 3.54. The Labute approximate surface area is 91.6 Å². The highest BCUT2D eigenvalue weighted by atomic mass is 16.1. The normalized spacial score (nSPS) is 31.7. The van der Waals surface area contributed by atoms with Crippen LogP contribution in [0.25, 0.3) is 0 Å². The SMILES string of the molecule is CC(C=O)N1CCNCC1N1CCCC1. The molecule has 2 heterocycles. The molecule has 0 saturated carbocycles. The highest BCUT2D eigenvalue weighted by molar-refractivity contribution is 5.56. The molecule has 2 aliphatic rings. The van der Waals surface area contributed by atoms with E-state index in [9.17, 15) is 4.79 Å². The minimum atomic E-state index is 0.0534. The van der Waals surface area contributed by atoms with Crippen LogP contribution >= 0.6 is 0 Å². The Morgan fingerprint density at radius 3 is 2.73 bits per heavy atom. The molecule has 2 unspecified atom stereocenters. The zero-order chi connectivity index (χ0) is 10.7. The average Bonchev–Trinajstić information content (AvgIpc) is 2.81. The number of carbonyl (C=O) groups is 1. The summed E-state index contributed by atoms with van der Waals surface area (Å²) >= 11 is 0. The Morgan fingerprint density at radius 1 is 1.33 bits per heavy atom. The molecule has 0 radical (unpaired) electrons. The highest BCUT2D eigenvalue weighted by Gasteiger charge is 2.31. The van der Waals surface area contributed by atoms with Crippen LogP contribution in [0.5, 0.6) is 0 Å². The fourth-order valence-corrected chi connectivity index (χ4v) is 2.64. The van der Waals surface area contributed by atoms with Gasteiger partial charge in [0, 0.05) is 19.6 Å². The molecule has 0 aromatic rings. The molecule has 2 rings (SSSR count). The number of rotatable bonds is 3. The predicted octanol–water partition coefficient (Wildman–Crippen LogP) is -0.0991. The summed E-state index contributed by atoms with van der Waals surface area (Å²) in [5.41, 5.74) is 0. The topological polar surface area (TPSA) is 35.6 Å². The molecule has 0 amide bonds. The Kier molecular flexibility index (Phi) is 3.72. The van der Waals surface area contributed by atoms with Gasteiger partial charge in [0.25, 0.3) is 0 Å². The molecule has 2 saturated heterocycles. The van der Waals surface area contributed by atoms with E-state index in [2.05, 4.69) is 15.1 Å². The van der Waals surface area contributed by atoms with Crippen LogP contribution in [0.3, 0.4) is 0 Å². The second-order valence-corrected chi connectivity index (χ2v) is 4.54. The summed E-state index contributed by atoms with van der Waals surface area (Å²) in [6.07, 6.45) is 4.11. The molecule has 0 aromatic heterocycles. The van der Waals surface area contributed by atoms with E-state index >= 15 is 0 Å². The largest absolute Gasteiger partial charge is 0.313 e. The smallest absolute Gasteiger partial charge is 0.136 e. The number of aldehydes is 1. The van der Waals surface area contributed by atoms with Gasteiger partial charge in [-0.15, -0.1) is 0 Å². The summed E-state index contributed by atoms with van der Waals surface area (Å²) < 4.78 is 0. The maximum Gasteiger partial charge on any atom is 0.136 e. The fraction of sp³-hybridized carbons (Fsp3) is 0.909. The molecule has 4 heteroatoms. The number of hydrogen-bond acceptors (Lipinski definition) is 4. The molecule has 2 fully saturated rings. The lowest BCUT2D eigenvalue weighted by Crippen LogP contribution is -2.61. The van der Waals surface area contributed by atoms with Gasteiger partial charge in [0.2, 0.25) is 0 Å². The van der Waals surface area contributed by atoms with Crippen molar-refractivity contribution in [3.63, 3.8) is 0 Å². The van der Waals surface area contributed by atoms with Crippen LogP contribution in [-0.4, -0.2) is 61.0 Å². The number of nitrogens with zero attached hydrogens (tertiary/aromatic N) is 2. The number of carbonyl (C=O) groups excluding carboxylic acids is 1. The lowest BCUT2D eigenvalue weighted by atomic mass is 10.2. The van der Waals surface area contributed by atoms with Crippen LogP contribution in [0.4, 0.5) is 0 Å². The van der Waals surface area contributed by atoms with Crippen LogP contribution in [-0.2, 0) is 4.79 Å². The predicted molar refractivity (Wildman–Crippen MR) is 59.7 cm³/mol. The third kappa shape index (κ3) is 2.38. The number of hydrogen-bond donors (Lipinski definition) is 1. The molecule has 4 nitrogen and oxygen atoms in total. The Morgan fingerprint density at radius 2 is 2.07 bits per heavy atom. The molecule has 2 aliphatic heterocycles. The van der Waals surface area contributed by atoms with Crippen molar-refractivity contribution >= 4 is 6.29 Å². The van der Waals surface area contributed by atoms with E-state index in [-0.39, 0.29) is 6.04 Å². The minimum Gasteiger partial charge on any atom is -0.313 e. The van der Waals surface area contributed by atoms with Crippen LogP contribution in [0, 0.1) is 0 Å². The quantitative estimate of drug-likeness (QED) is 0.661. The Hall–Kier alpha value is -0.450. The van der Waals surface area contributed by atoms with E-state index in [0.717, 1.165) is 25.9 Å². The summed E-state index contributed by atoms with van der Waals surface area (Å²) in [5.74, 6) is 0. The van der Waals surface area contributed by atoms with Crippen LogP contribution < -0.4 is 5.32 Å². The van der Waals surface area contributed by atoms with Gasteiger partial charge in [0.05, 0.1) is 12.2 Å². The van der Waals surface area contributed by atoms with Gasteiger partial charge in [0.1, 0.15) is 6.29 Å². The van der Waals surface area contributed by atoms with Crippen molar-refractivity contribution in [1.82, 2.24) is 15.1 Å². The van der Waals surface area contributed by atoms with E-state index in [1.54, 1.807) is 0 Å². The van der Waals surface area contributed by atoms with Crippen LogP contribution in [0.15, 0.2) is 0 Å². The lowest BCUT2D eigenvalue weighted by Gasteiger charge is -2.43. The molecule has 0 bridgehead atoms. The zero-order valence-corrected chi connectivity index (χ0v) is 9.48. The number of piperazine rings is 1. The minimum absolute atomic E-state index is 0.0534. The maximum absolute atomic E-state index is 10.9. The first-order valence-corrected chi connectivity index (χ1v) is 5.99. The van der Waals surface area contributed by atoms with E-state index in [0.29, 0.717) is 6.17 Å². The molecular weight excluding hydrogens is 190 g/mol. The average molecular weight is 211 g/mol. The molecular formula is C11H21N3O. The molecule has 0 spiro atoms. The second-order valence-electron chi connectivity index (χ2n) is 4.54. The molecule has 15 heavy (non-hydrogen) atoms. The van der Waals surface area contributed by atoms with Gasteiger partial charge in [-0.1, -0.05) is 0 Å². The van der Waals surface area contributed by atoms with Gasteiger partial charge in [-0.25, -0.2) is 0 Å². The van der Waals surface area contributed by atoms with Crippen molar-refractivity contribution in [2.45, 2.75) is 32.0 Å². The first-order chi connectivity index (χ1) is 7.33. The number of nitrogens with one attached hydrogen (secondary N) is 1. The first-order valence-electron chi connectivity index (χ1n) is 5.99. The van der Waals surface area contributed by atoms with Crippen LogP contribution in [0.1, 0.15) is 19.8 Å². The van der Waals surface area contributed by atoms with Crippen molar-refractivity contribution in [1.29, 1.82) is 0 Å². The van der Waals surface area contributed by atoms with Gasteiger partial charge in [-0.05, 0) is 32.9 Å². The zero-order valence-electron chi connectivity index (χ0n) is 9.48. The highest BCUT2D eigenvalue weighted by Crippen LogP contribution is 2.17. The van der Waals surface area contributed by atoms with Crippen molar-refractivity contribution in [2.24, 2.45) is 0 Å². The van der Waals surface area contributed by atoms with Gasteiger partial charge < -0.3 is 10.1 Å². The summed E-state index contributed by atoms with van der Waals surface area (Å²) in [5, 5.41) is 3.42. The van der Waals surface area contributed by atoms with Crippen molar-refractivity contribution < 1.29 is 4.79 Å². The van der Waals surface area contributed by atoms with E-state index < -0.39 is 0 Å². The van der Waals surface area contributed by atoms with Crippen molar-refractivity contribution in [3.8, 4) is 0 Å². The molecule has 1 N–H and O–H groups in total. The Bertz CT molecular complexity index is 216. The monoisotopic (exact) mass is 211 g/mol. The maximum atomic E-state index is 10.9. The van der Waals surface area contributed by atoms with E-state index in [4.69, 9.17) is 0 Å². The van der Waals surface area contributed by atoms with E-state index in [1.165, 1.54) is 25.9 Å². The Balaban J connectivity index is 2.01. The van der Waals surface area contributed by atoms with Crippen molar-refractivity contribution in [2.75, 3.05) is 32.7 Å². The third-order valence-electron chi connectivity index (χ3n) is 3.54. The summed E-state index contributed by atoms with van der Waals surface area (Å²) in [7, 11) is 0. The molecule has 2 atom stereocenters. The first kappa shape index (κ1) is 11.0. The van der Waals surface area contributed by atoms with Crippen LogP contribution in [0.2, 0.25) is 0 Å². The lowest BCUT2D eigenvalue weighted by molar-refractivity contribution is -0.115. The molecule has 0 aromatic carbocycles. The van der Waals surface area contributed by atoms with Gasteiger partial charge in [-0.3, -0.25) is 9.80 Å². The summed E-state index contributed by atoms with van der Waals surface area (Å²) in [4.78, 5) is 15.7. The van der Waals surface area contributed by atoms with Crippen molar-refractivity contribution in [3.05, 3.63) is 0 Å². The standard InChI is InChI=1S/C11H21N3O/c1-10(9-15)14-7-4-12-8-11(14)13-5-2-3-6-13/h9-12H,2-8H2,1H3. The number of likely N-dealkylation sites (tertiary alicyclic amines) is 1. The van der Waals surface area contributed by atoms with Gasteiger partial charge >= 0.3 is 0 Å².